The zero-order valence-corrected chi connectivity index (χ0v) is 10.6. The molecular weight excluding hydrogens is 202 g/mol. The quantitative estimate of drug-likeness (QED) is 0.781. The highest BCUT2D eigenvalue weighted by molar-refractivity contribution is 5.81. The number of carbonyl (C=O) groups excluding carboxylic acids is 1. The van der Waals surface area contributed by atoms with Crippen molar-refractivity contribution in [2.45, 2.75) is 52.0 Å². The molecular formula is C13H23NO2. The summed E-state index contributed by atoms with van der Waals surface area (Å²) in [7, 11) is 0. The highest BCUT2D eigenvalue weighted by Gasteiger charge is 2.58. The number of rotatable bonds is 2. The molecule has 92 valence electrons. The lowest BCUT2D eigenvalue weighted by atomic mass is 9.59. The van der Waals surface area contributed by atoms with Crippen LogP contribution >= 0.6 is 0 Å². The molecule has 0 aromatic carbocycles. The number of hydrogen-bond acceptors (Lipinski definition) is 2. The Morgan fingerprint density at radius 3 is 2.50 bits per heavy atom. The Morgan fingerprint density at radius 2 is 2.00 bits per heavy atom. The molecule has 1 spiro atoms. The van der Waals surface area contributed by atoms with Crippen LogP contribution < -0.4 is 5.32 Å². The molecule has 1 atom stereocenters. The maximum absolute atomic E-state index is 11.8. The Bertz CT molecular complexity index is 282. The molecule has 1 N–H and O–H groups in total. The second kappa shape index (κ2) is 4.02. The van der Waals surface area contributed by atoms with Crippen LogP contribution in [0.3, 0.4) is 0 Å². The van der Waals surface area contributed by atoms with Gasteiger partial charge in [-0.05, 0) is 25.2 Å². The van der Waals surface area contributed by atoms with Crippen LogP contribution in [0, 0.1) is 11.3 Å². The van der Waals surface area contributed by atoms with Crippen molar-refractivity contribution in [1.82, 2.24) is 5.32 Å². The number of nitrogens with one attached hydrogen (secondary N) is 1. The second-order valence-electron chi connectivity index (χ2n) is 5.58. The van der Waals surface area contributed by atoms with Gasteiger partial charge in [-0.2, -0.15) is 0 Å². The molecule has 0 radical (unpaired) electrons. The van der Waals surface area contributed by atoms with E-state index in [9.17, 15) is 4.79 Å². The van der Waals surface area contributed by atoms with Crippen LogP contribution in [0.1, 0.15) is 46.5 Å². The van der Waals surface area contributed by atoms with Gasteiger partial charge in [0.05, 0.1) is 5.54 Å². The standard InChI is InChI=1S/C13H23NO2/c1-4-12(10(2)3)9-11(15)14-13(12)5-7-16-8-6-13/h10H,4-9H2,1-3H3,(H,14,15). The predicted octanol–water partition coefficient (Wildman–Crippen LogP) is 2.11. The monoisotopic (exact) mass is 225 g/mol. The largest absolute Gasteiger partial charge is 0.381 e. The number of hydrogen-bond donors (Lipinski definition) is 1. The lowest BCUT2D eigenvalue weighted by molar-refractivity contribution is -0.120. The smallest absolute Gasteiger partial charge is 0.221 e. The van der Waals surface area contributed by atoms with Gasteiger partial charge >= 0.3 is 0 Å². The first-order valence-electron chi connectivity index (χ1n) is 6.45. The van der Waals surface area contributed by atoms with Crippen molar-refractivity contribution in [3.05, 3.63) is 0 Å². The summed E-state index contributed by atoms with van der Waals surface area (Å²) < 4.78 is 5.46. The van der Waals surface area contributed by atoms with E-state index in [1.54, 1.807) is 0 Å². The van der Waals surface area contributed by atoms with Crippen molar-refractivity contribution in [1.29, 1.82) is 0 Å². The van der Waals surface area contributed by atoms with Crippen LogP contribution in [0.5, 0.6) is 0 Å². The molecule has 2 saturated heterocycles. The molecule has 0 aromatic heterocycles. The minimum absolute atomic E-state index is 0.00521. The Morgan fingerprint density at radius 1 is 1.38 bits per heavy atom. The van der Waals surface area contributed by atoms with Crippen LogP contribution in [0.25, 0.3) is 0 Å². The van der Waals surface area contributed by atoms with Crippen molar-refractivity contribution >= 4 is 5.91 Å². The van der Waals surface area contributed by atoms with Gasteiger partial charge in [0.25, 0.3) is 0 Å². The number of amides is 1. The first-order chi connectivity index (χ1) is 7.56. The molecule has 1 amide bonds. The van der Waals surface area contributed by atoms with E-state index in [1.165, 1.54) is 0 Å². The molecule has 0 aliphatic carbocycles. The van der Waals surface area contributed by atoms with E-state index in [0.29, 0.717) is 12.3 Å². The Hall–Kier alpha value is -0.570. The molecule has 0 saturated carbocycles. The normalized spacial score (nSPS) is 33.4. The fraction of sp³-hybridized carbons (Fsp3) is 0.923. The van der Waals surface area contributed by atoms with Crippen LogP contribution in [0.15, 0.2) is 0 Å². The van der Waals surface area contributed by atoms with Gasteiger partial charge in [0.1, 0.15) is 0 Å². The summed E-state index contributed by atoms with van der Waals surface area (Å²) >= 11 is 0. The average molecular weight is 225 g/mol. The summed E-state index contributed by atoms with van der Waals surface area (Å²) in [4.78, 5) is 11.8. The molecule has 3 nitrogen and oxygen atoms in total. The van der Waals surface area contributed by atoms with Gasteiger partial charge in [0.15, 0.2) is 0 Å². The van der Waals surface area contributed by atoms with E-state index in [0.717, 1.165) is 32.5 Å². The van der Waals surface area contributed by atoms with Gasteiger partial charge in [-0.25, -0.2) is 0 Å². The van der Waals surface area contributed by atoms with Crippen molar-refractivity contribution in [2.24, 2.45) is 11.3 Å². The molecule has 16 heavy (non-hydrogen) atoms. The third-order valence-electron chi connectivity index (χ3n) is 4.89. The van der Waals surface area contributed by atoms with Gasteiger partial charge in [-0.15, -0.1) is 0 Å². The molecule has 0 aromatic rings. The molecule has 2 aliphatic rings. The van der Waals surface area contributed by atoms with Crippen LogP contribution in [0.4, 0.5) is 0 Å². The van der Waals surface area contributed by atoms with Gasteiger partial charge in [-0.1, -0.05) is 20.8 Å². The van der Waals surface area contributed by atoms with Crippen LogP contribution in [0.2, 0.25) is 0 Å². The lowest BCUT2D eigenvalue weighted by Gasteiger charge is -2.49. The third kappa shape index (κ3) is 1.48. The van der Waals surface area contributed by atoms with E-state index < -0.39 is 0 Å². The minimum atomic E-state index is 0.00521. The maximum atomic E-state index is 11.8. The summed E-state index contributed by atoms with van der Waals surface area (Å²) in [5, 5.41) is 3.27. The topological polar surface area (TPSA) is 38.3 Å². The second-order valence-corrected chi connectivity index (χ2v) is 5.58. The van der Waals surface area contributed by atoms with E-state index in [-0.39, 0.29) is 16.9 Å². The van der Waals surface area contributed by atoms with Gasteiger partial charge in [0.2, 0.25) is 5.91 Å². The van der Waals surface area contributed by atoms with Crippen molar-refractivity contribution < 1.29 is 9.53 Å². The summed E-state index contributed by atoms with van der Waals surface area (Å²) in [5.74, 6) is 0.770. The summed E-state index contributed by atoms with van der Waals surface area (Å²) in [6.07, 6.45) is 3.72. The Balaban J connectivity index is 2.36. The average Bonchev–Trinajstić information content (AvgIpc) is 2.52. The highest BCUT2D eigenvalue weighted by Crippen LogP contribution is 2.53. The molecule has 2 aliphatic heterocycles. The maximum Gasteiger partial charge on any atom is 0.221 e. The summed E-state index contributed by atoms with van der Waals surface area (Å²) in [5.41, 5.74) is 0.138. The molecule has 2 fully saturated rings. The Kier molecular flexibility index (Phi) is 2.99. The van der Waals surface area contributed by atoms with E-state index in [2.05, 4.69) is 26.1 Å². The van der Waals surface area contributed by atoms with Crippen LogP contribution in [-0.4, -0.2) is 24.7 Å². The molecule has 0 bridgehead atoms. The molecule has 2 rings (SSSR count). The predicted molar refractivity (Wildman–Crippen MR) is 63.1 cm³/mol. The highest BCUT2D eigenvalue weighted by atomic mass is 16.5. The fourth-order valence-electron chi connectivity index (χ4n) is 3.86. The van der Waals surface area contributed by atoms with Crippen LogP contribution in [-0.2, 0) is 9.53 Å². The van der Waals surface area contributed by atoms with Gasteiger partial charge in [0, 0.05) is 25.0 Å². The first-order valence-corrected chi connectivity index (χ1v) is 6.45. The van der Waals surface area contributed by atoms with Gasteiger partial charge in [-0.3, -0.25) is 4.79 Å². The zero-order chi connectivity index (χ0) is 11.8. The third-order valence-corrected chi connectivity index (χ3v) is 4.89. The molecule has 1 unspecified atom stereocenters. The van der Waals surface area contributed by atoms with Crippen molar-refractivity contribution in [3.63, 3.8) is 0 Å². The van der Waals surface area contributed by atoms with E-state index in [4.69, 9.17) is 4.74 Å². The number of carbonyl (C=O) groups is 1. The zero-order valence-electron chi connectivity index (χ0n) is 10.6. The summed E-state index contributed by atoms with van der Waals surface area (Å²) in [6.45, 7) is 8.29. The first kappa shape index (κ1) is 11.9. The molecule has 3 heteroatoms. The minimum Gasteiger partial charge on any atom is -0.381 e. The van der Waals surface area contributed by atoms with Crippen molar-refractivity contribution in [2.75, 3.05) is 13.2 Å². The SMILES string of the molecule is CCC1(C(C)C)CC(=O)NC12CCOCC2. The fourth-order valence-corrected chi connectivity index (χ4v) is 3.86. The molecule has 2 heterocycles. The van der Waals surface area contributed by atoms with E-state index in [1.807, 2.05) is 0 Å². The van der Waals surface area contributed by atoms with Crippen molar-refractivity contribution in [3.8, 4) is 0 Å². The number of ether oxygens (including phenoxy) is 1. The van der Waals surface area contributed by atoms with E-state index >= 15 is 0 Å². The van der Waals surface area contributed by atoms with Gasteiger partial charge < -0.3 is 10.1 Å². The Labute approximate surface area is 97.9 Å². The lowest BCUT2D eigenvalue weighted by Crippen LogP contribution is -2.57. The summed E-state index contributed by atoms with van der Waals surface area (Å²) in [6, 6.07) is 0.